The summed E-state index contributed by atoms with van der Waals surface area (Å²) in [6, 6.07) is 5.55. The van der Waals surface area contributed by atoms with E-state index in [1.807, 2.05) is 0 Å². The van der Waals surface area contributed by atoms with Crippen molar-refractivity contribution in [3.8, 4) is 0 Å². The van der Waals surface area contributed by atoms with Gasteiger partial charge in [0.05, 0.1) is 0 Å². The molecule has 0 aliphatic heterocycles. The average Bonchev–Trinajstić information content (AvgIpc) is 2.27. The van der Waals surface area contributed by atoms with E-state index in [2.05, 4.69) is 0 Å². The Morgan fingerprint density at radius 1 is 1.14 bits per heavy atom. The number of benzene rings is 1. The molecule has 0 atom stereocenters. The minimum absolute atomic E-state index is 0.211. The predicted octanol–water partition coefficient (Wildman–Crippen LogP) is 0.243. The molecule has 1 aromatic carbocycles. The van der Waals surface area contributed by atoms with Crippen LogP contribution in [0.25, 0.3) is 0 Å². The smallest absolute Gasteiger partial charge is 0.225 e. The van der Waals surface area contributed by atoms with E-state index in [-0.39, 0.29) is 11.8 Å². The molecule has 72 valence electrons. The lowest BCUT2D eigenvalue weighted by molar-refractivity contribution is -0.104. The Kier molecular flexibility index (Phi) is 3.25. The lowest BCUT2D eigenvalue weighted by Crippen LogP contribution is -2.05. The first-order valence-corrected chi connectivity index (χ1v) is 3.92. The van der Waals surface area contributed by atoms with Crippen LogP contribution in [0.1, 0.15) is 20.7 Å². The summed E-state index contributed by atoms with van der Waals surface area (Å²) in [5, 5.41) is 8.54. The van der Waals surface area contributed by atoms with Crippen molar-refractivity contribution in [2.45, 2.75) is 0 Å². The average molecular weight is 192 g/mol. The van der Waals surface area contributed by atoms with E-state index in [4.69, 9.17) is 5.11 Å². The second-order valence-electron chi connectivity index (χ2n) is 2.64. The van der Waals surface area contributed by atoms with Gasteiger partial charge < -0.3 is 5.11 Å². The molecule has 0 amide bonds. The van der Waals surface area contributed by atoms with Crippen LogP contribution in [-0.2, 0) is 4.79 Å². The van der Waals surface area contributed by atoms with Crippen molar-refractivity contribution in [2.24, 2.45) is 0 Å². The Morgan fingerprint density at radius 2 is 1.64 bits per heavy atom. The molecule has 0 radical (unpaired) electrons. The van der Waals surface area contributed by atoms with Gasteiger partial charge in [-0.2, -0.15) is 0 Å². The van der Waals surface area contributed by atoms with Crippen molar-refractivity contribution in [1.29, 1.82) is 0 Å². The number of aldehydes is 1. The van der Waals surface area contributed by atoms with Gasteiger partial charge in [-0.05, 0) is 0 Å². The van der Waals surface area contributed by atoms with Crippen LogP contribution in [0.3, 0.4) is 0 Å². The topological polar surface area (TPSA) is 71.4 Å². The molecule has 4 nitrogen and oxygen atoms in total. The molecule has 1 N–H and O–H groups in total. The van der Waals surface area contributed by atoms with E-state index in [0.717, 1.165) is 0 Å². The van der Waals surface area contributed by atoms with Crippen LogP contribution in [0.5, 0.6) is 0 Å². The highest BCUT2D eigenvalue weighted by molar-refractivity contribution is 6.33. The Labute approximate surface area is 80.2 Å². The molecule has 0 aliphatic rings. The van der Waals surface area contributed by atoms with Gasteiger partial charge in [0, 0.05) is 11.1 Å². The maximum atomic E-state index is 11.0. The van der Waals surface area contributed by atoms with Crippen molar-refractivity contribution < 1.29 is 19.5 Å². The quantitative estimate of drug-likeness (QED) is 0.421. The van der Waals surface area contributed by atoms with Crippen LogP contribution in [0.2, 0.25) is 0 Å². The van der Waals surface area contributed by atoms with Gasteiger partial charge in [-0.3, -0.25) is 14.4 Å². The number of carbonyl (C=O) groups is 3. The summed E-state index contributed by atoms with van der Waals surface area (Å²) in [5.74, 6) is -1.05. The minimum atomic E-state index is -0.631. The number of carbonyl (C=O) groups excluding carboxylic acids is 3. The van der Waals surface area contributed by atoms with Crippen LogP contribution < -0.4 is 0 Å². The molecular weight excluding hydrogens is 184 g/mol. The molecule has 0 unspecified atom stereocenters. The molecular formula is C10H8O4. The van der Waals surface area contributed by atoms with E-state index < -0.39 is 18.2 Å². The molecule has 1 rings (SSSR count). The molecule has 0 bridgehead atoms. The van der Waals surface area contributed by atoms with Crippen LogP contribution in [0.15, 0.2) is 24.3 Å². The molecule has 0 saturated carbocycles. The summed E-state index contributed by atoms with van der Waals surface area (Å²) in [5.41, 5.74) is 0.546. The van der Waals surface area contributed by atoms with Crippen LogP contribution in [-0.4, -0.2) is 29.6 Å². The van der Waals surface area contributed by atoms with Crippen LogP contribution in [0.4, 0.5) is 0 Å². The van der Waals surface area contributed by atoms with E-state index in [0.29, 0.717) is 5.56 Å². The first kappa shape index (κ1) is 10.3. The van der Waals surface area contributed by atoms with Crippen molar-refractivity contribution in [2.75, 3.05) is 6.61 Å². The van der Waals surface area contributed by atoms with Crippen molar-refractivity contribution in [3.63, 3.8) is 0 Å². The molecule has 0 saturated heterocycles. The van der Waals surface area contributed by atoms with Crippen LogP contribution >= 0.6 is 0 Å². The Morgan fingerprint density at radius 3 is 2.07 bits per heavy atom. The van der Waals surface area contributed by atoms with E-state index in [9.17, 15) is 14.4 Å². The lowest BCUT2D eigenvalue weighted by Gasteiger charge is -1.97. The van der Waals surface area contributed by atoms with Gasteiger partial charge in [-0.15, -0.1) is 0 Å². The number of aliphatic hydroxyl groups excluding tert-OH is 1. The molecule has 1 aromatic rings. The fourth-order valence-electron chi connectivity index (χ4n) is 0.980. The predicted molar refractivity (Wildman–Crippen MR) is 48.3 cm³/mol. The number of aliphatic hydroxyl groups is 1. The first-order chi connectivity index (χ1) is 6.69. The highest BCUT2D eigenvalue weighted by Crippen LogP contribution is 2.05. The summed E-state index contributed by atoms with van der Waals surface area (Å²) < 4.78 is 0. The maximum absolute atomic E-state index is 11.0. The monoisotopic (exact) mass is 192 g/mol. The van der Waals surface area contributed by atoms with E-state index in [1.54, 1.807) is 0 Å². The number of ketones is 2. The van der Waals surface area contributed by atoms with Gasteiger partial charge in [0.1, 0.15) is 6.61 Å². The summed E-state index contributed by atoms with van der Waals surface area (Å²) in [4.78, 5) is 31.9. The molecule has 0 spiro atoms. The van der Waals surface area contributed by atoms with Crippen molar-refractivity contribution in [3.05, 3.63) is 35.4 Å². The minimum Gasteiger partial charge on any atom is -0.388 e. The fraction of sp³-hybridized carbons (Fsp3) is 0.100. The number of hydrogen-bond acceptors (Lipinski definition) is 4. The van der Waals surface area contributed by atoms with Gasteiger partial charge in [-0.1, -0.05) is 24.3 Å². The SMILES string of the molecule is O=CC(=O)c1ccc(C(=O)CO)cc1. The standard InChI is InChI=1S/C10H8O4/c11-5-9(13)7-1-2-8(4-3-7)10(14)6-12/h1-5,12H,6H2. The van der Waals surface area contributed by atoms with Gasteiger partial charge in [0.25, 0.3) is 0 Å². The molecule has 4 heteroatoms. The summed E-state index contributed by atoms with van der Waals surface area (Å²) in [6.07, 6.45) is 0.211. The maximum Gasteiger partial charge on any atom is 0.225 e. The van der Waals surface area contributed by atoms with Crippen LogP contribution in [0, 0.1) is 0 Å². The highest BCUT2D eigenvalue weighted by atomic mass is 16.3. The molecule has 14 heavy (non-hydrogen) atoms. The third kappa shape index (κ3) is 2.11. The van der Waals surface area contributed by atoms with E-state index in [1.165, 1.54) is 24.3 Å². The highest BCUT2D eigenvalue weighted by Gasteiger charge is 2.06. The Bertz CT molecular complexity index is 364. The molecule has 0 aliphatic carbocycles. The first-order valence-electron chi connectivity index (χ1n) is 3.92. The molecule has 0 heterocycles. The zero-order valence-electron chi connectivity index (χ0n) is 7.27. The van der Waals surface area contributed by atoms with Crippen molar-refractivity contribution >= 4 is 17.9 Å². The Balaban J connectivity index is 2.94. The number of hydrogen-bond donors (Lipinski definition) is 1. The zero-order valence-corrected chi connectivity index (χ0v) is 7.27. The number of Topliss-reactive ketones (excluding diaryl/α,β-unsaturated/α-hetero) is 2. The number of rotatable bonds is 4. The largest absolute Gasteiger partial charge is 0.388 e. The third-order valence-corrected chi connectivity index (χ3v) is 1.74. The van der Waals surface area contributed by atoms with E-state index >= 15 is 0 Å². The van der Waals surface area contributed by atoms with Gasteiger partial charge >= 0.3 is 0 Å². The fourth-order valence-corrected chi connectivity index (χ4v) is 0.980. The van der Waals surface area contributed by atoms with Gasteiger partial charge in [0.2, 0.25) is 5.78 Å². The second-order valence-corrected chi connectivity index (χ2v) is 2.64. The Hall–Kier alpha value is -1.81. The second kappa shape index (κ2) is 4.43. The summed E-state index contributed by atoms with van der Waals surface area (Å²) in [6.45, 7) is -0.568. The third-order valence-electron chi connectivity index (χ3n) is 1.74. The van der Waals surface area contributed by atoms with Gasteiger partial charge in [-0.25, -0.2) is 0 Å². The zero-order chi connectivity index (χ0) is 10.6. The summed E-state index contributed by atoms with van der Waals surface area (Å²) in [7, 11) is 0. The normalized spacial score (nSPS) is 9.50. The summed E-state index contributed by atoms with van der Waals surface area (Å²) >= 11 is 0. The molecule has 0 fully saturated rings. The molecule has 0 aromatic heterocycles. The van der Waals surface area contributed by atoms with Gasteiger partial charge in [0.15, 0.2) is 12.1 Å². The van der Waals surface area contributed by atoms with Crippen molar-refractivity contribution in [1.82, 2.24) is 0 Å². The lowest BCUT2D eigenvalue weighted by atomic mass is 10.1.